The maximum Gasteiger partial charge on any atom is 0.414 e. The Kier molecular flexibility index (Phi) is 8.32. The second-order valence-corrected chi connectivity index (χ2v) is 5.31. The zero-order valence-electron chi connectivity index (χ0n) is 14.4. The molecule has 26 heavy (non-hydrogen) atoms. The number of aliphatic carboxylic acids is 2. The predicted octanol–water partition coefficient (Wildman–Crippen LogP) is 2.13. The number of anilines is 1. The van der Waals surface area contributed by atoms with E-state index in [0.717, 1.165) is 5.75 Å². The lowest BCUT2D eigenvalue weighted by Crippen LogP contribution is -2.27. The SMILES string of the molecule is CN(C)CC(=O)Nc1ccccc1Oc1ccccc1.O=C(O)C(=O)O. The first-order chi connectivity index (χ1) is 12.3. The van der Waals surface area contributed by atoms with Crippen LogP contribution in [0.5, 0.6) is 11.5 Å². The van der Waals surface area contributed by atoms with E-state index >= 15 is 0 Å². The molecule has 0 unspecified atom stereocenters. The smallest absolute Gasteiger partial charge is 0.414 e. The summed E-state index contributed by atoms with van der Waals surface area (Å²) in [5.74, 6) is -2.35. The van der Waals surface area contributed by atoms with Gasteiger partial charge in [-0.2, -0.15) is 0 Å². The summed E-state index contributed by atoms with van der Waals surface area (Å²) in [7, 11) is 3.71. The van der Waals surface area contributed by atoms with E-state index in [2.05, 4.69) is 5.32 Å². The monoisotopic (exact) mass is 360 g/mol. The molecular weight excluding hydrogens is 340 g/mol. The average molecular weight is 360 g/mol. The Labute approximate surface area is 150 Å². The molecule has 8 heteroatoms. The van der Waals surface area contributed by atoms with Gasteiger partial charge in [0, 0.05) is 0 Å². The highest BCUT2D eigenvalue weighted by molar-refractivity contribution is 6.27. The van der Waals surface area contributed by atoms with Gasteiger partial charge >= 0.3 is 11.9 Å². The lowest BCUT2D eigenvalue weighted by atomic mass is 10.3. The molecule has 0 aliphatic heterocycles. The number of carbonyl (C=O) groups is 3. The van der Waals surface area contributed by atoms with E-state index in [1.807, 2.05) is 73.6 Å². The van der Waals surface area contributed by atoms with Gasteiger partial charge in [-0.15, -0.1) is 0 Å². The third kappa shape index (κ3) is 7.93. The Morgan fingerprint density at radius 1 is 0.923 bits per heavy atom. The van der Waals surface area contributed by atoms with Crippen molar-refractivity contribution in [3.63, 3.8) is 0 Å². The van der Waals surface area contributed by atoms with E-state index in [9.17, 15) is 4.79 Å². The van der Waals surface area contributed by atoms with Crippen molar-refractivity contribution >= 4 is 23.5 Å². The predicted molar refractivity (Wildman–Crippen MR) is 95.4 cm³/mol. The number of benzene rings is 2. The minimum atomic E-state index is -1.82. The van der Waals surface area contributed by atoms with Crippen LogP contribution in [0, 0.1) is 0 Å². The highest BCUT2D eigenvalue weighted by Gasteiger charge is 2.09. The molecule has 2 rings (SSSR count). The largest absolute Gasteiger partial charge is 0.473 e. The first kappa shape index (κ1) is 20.7. The maximum absolute atomic E-state index is 11.8. The third-order valence-corrected chi connectivity index (χ3v) is 2.77. The van der Waals surface area contributed by atoms with Gasteiger partial charge in [-0.1, -0.05) is 30.3 Å². The summed E-state index contributed by atoms with van der Waals surface area (Å²) in [6.45, 7) is 0.333. The van der Waals surface area contributed by atoms with E-state index < -0.39 is 11.9 Å². The summed E-state index contributed by atoms with van der Waals surface area (Å²) >= 11 is 0. The van der Waals surface area contributed by atoms with Crippen LogP contribution in [0.25, 0.3) is 0 Å². The van der Waals surface area contributed by atoms with E-state index in [4.69, 9.17) is 24.5 Å². The average Bonchev–Trinajstić information content (AvgIpc) is 2.57. The standard InChI is InChI=1S/C16H18N2O2.C2H2O4/c1-18(2)12-16(19)17-14-10-6-7-11-15(14)20-13-8-4-3-5-9-13;3-1(4)2(5)6/h3-11H,12H2,1-2H3,(H,17,19);(H,3,4)(H,5,6). The highest BCUT2D eigenvalue weighted by atomic mass is 16.5. The second-order valence-electron chi connectivity index (χ2n) is 5.31. The Hall–Kier alpha value is -3.39. The summed E-state index contributed by atoms with van der Waals surface area (Å²) in [6, 6.07) is 16.9. The number of carboxylic acids is 2. The Morgan fingerprint density at radius 3 is 2.00 bits per heavy atom. The van der Waals surface area contributed by atoms with Crippen LogP contribution in [-0.2, 0) is 14.4 Å². The summed E-state index contributed by atoms with van der Waals surface area (Å²) in [5, 5.41) is 17.6. The minimum absolute atomic E-state index is 0.0703. The van der Waals surface area contributed by atoms with Crippen molar-refractivity contribution in [2.45, 2.75) is 0 Å². The number of carboxylic acid groups (broad SMARTS) is 2. The van der Waals surface area contributed by atoms with Gasteiger partial charge in [-0.25, -0.2) is 9.59 Å². The number of hydrogen-bond donors (Lipinski definition) is 3. The minimum Gasteiger partial charge on any atom is -0.473 e. The van der Waals surface area contributed by atoms with Crippen LogP contribution >= 0.6 is 0 Å². The van der Waals surface area contributed by atoms with Crippen LogP contribution in [-0.4, -0.2) is 53.6 Å². The number of ether oxygens (including phenoxy) is 1. The fourth-order valence-electron chi connectivity index (χ4n) is 1.75. The normalized spacial score (nSPS) is 9.65. The number of nitrogens with one attached hydrogen (secondary N) is 1. The Balaban J connectivity index is 0.000000487. The molecule has 0 bridgehead atoms. The fraction of sp³-hybridized carbons (Fsp3) is 0.167. The molecule has 0 spiro atoms. The summed E-state index contributed by atoms with van der Waals surface area (Å²) < 4.78 is 5.79. The zero-order valence-corrected chi connectivity index (χ0v) is 14.4. The molecule has 8 nitrogen and oxygen atoms in total. The molecule has 0 fully saturated rings. The van der Waals surface area contributed by atoms with Crippen LogP contribution < -0.4 is 10.1 Å². The first-order valence-corrected chi connectivity index (χ1v) is 7.52. The van der Waals surface area contributed by atoms with Gasteiger partial charge in [0.15, 0.2) is 5.75 Å². The van der Waals surface area contributed by atoms with E-state index in [0.29, 0.717) is 18.0 Å². The van der Waals surface area contributed by atoms with E-state index in [1.54, 1.807) is 0 Å². The number of carbonyl (C=O) groups excluding carboxylic acids is 1. The van der Waals surface area contributed by atoms with Gasteiger partial charge in [0.25, 0.3) is 0 Å². The van der Waals surface area contributed by atoms with Crippen molar-refractivity contribution in [3.05, 3.63) is 54.6 Å². The number of likely N-dealkylation sites (N-methyl/N-ethyl adjacent to an activating group) is 1. The Bertz CT molecular complexity index is 734. The molecule has 0 aliphatic carbocycles. The molecule has 0 atom stereocenters. The molecule has 0 radical (unpaired) electrons. The van der Waals surface area contributed by atoms with Gasteiger partial charge < -0.3 is 25.2 Å². The van der Waals surface area contributed by atoms with E-state index in [-0.39, 0.29) is 5.91 Å². The molecule has 0 aromatic heterocycles. The highest BCUT2D eigenvalue weighted by Crippen LogP contribution is 2.28. The zero-order chi connectivity index (χ0) is 19.5. The van der Waals surface area contributed by atoms with Gasteiger partial charge in [-0.3, -0.25) is 4.79 Å². The van der Waals surface area contributed by atoms with Crippen molar-refractivity contribution in [2.24, 2.45) is 0 Å². The molecular formula is C18H20N2O6. The number of hydrogen-bond acceptors (Lipinski definition) is 5. The van der Waals surface area contributed by atoms with Crippen LogP contribution in [0.15, 0.2) is 54.6 Å². The van der Waals surface area contributed by atoms with Crippen molar-refractivity contribution < 1.29 is 29.3 Å². The fourth-order valence-corrected chi connectivity index (χ4v) is 1.75. The molecule has 1 amide bonds. The Morgan fingerprint density at radius 2 is 1.46 bits per heavy atom. The van der Waals surface area contributed by atoms with Crippen molar-refractivity contribution in [3.8, 4) is 11.5 Å². The number of nitrogens with zero attached hydrogens (tertiary/aromatic N) is 1. The van der Waals surface area contributed by atoms with E-state index in [1.165, 1.54) is 0 Å². The van der Waals surface area contributed by atoms with Crippen LogP contribution in [0.2, 0.25) is 0 Å². The molecule has 2 aromatic rings. The third-order valence-electron chi connectivity index (χ3n) is 2.77. The molecule has 138 valence electrons. The summed E-state index contributed by atoms with van der Waals surface area (Å²) in [5.41, 5.74) is 0.670. The maximum atomic E-state index is 11.8. The second kappa shape index (κ2) is 10.5. The topological polar surface area (TPSA) is 116 Å². The first-order valence-electron chi connectivity index (χ1n) is 7.52. The lowest BCUT2D eigenvalue weighted by molar-refractivity contribution is -0.159. The summed E-state index contributed by atoms with van der Waals surface area (Å²) in [4.78, 5) is 31.8. The van der Waals surface area contributed by atoms with Crippen molar-refractivity contribution in [1.82, 2.24) is 4.90 Å². The van der Waals surface area contributed by atoms with Gasteiger partial charge in [0.05, 0.1) is 12.2 Å². The molecule has 3 N–H and O–H groups in total. The summed E-state index contributed by atoms with van der Waals surface area (Å²) in [6.07, 6.45) is 0. The molecule has 2 aromatic carbocycles. The van der Waals surface area contributed by atoms with Crippen LogP contribution in [0.4, 0.5) is 5.69 Å². The molecule has 0 aliphatic rings. The van der Waals surface area contributed by atoms with Crippen LogP contribution in [0.3, 0.4) is 0 Å². The quantitative estimate of drug-likeness (QED) is 0.699. The molecule has 0 heterocycles. The van der Waals surface area contributed by atoms with Crippen LogP contribution in [0.1, 0.15) is 0 Å². The number of para-hydroxylation sites is 3. The molecule has 0 saturated heterocycles. The van der Waals surface area contributed by atoms with Gasteiger partial charge in [0.2, 0.25) is 5.91 Å². The number of amides is 1. The van der Waals surface area contributed by atoms with Crippen molar-refractivity contribution in [1.29, 1.82) is 0 Å². The van der Waals surface area contributed by atoms with Crippen molar-refractivity contribution in [2.75, 3.05) is 26.0 Å². The van der Waals surface area contributed by atoms with Gasteiger partial charge in [0.1, 0.15) is 5.75 Å². The molecule has 0 saturated carbocycles. The number of rotatable bonds is 5. The van der Waals surface area contributed by atoms with Gasteiger partial charge in [-0.05, 0) is 38.4 Å². The lowest BCUT2D eigenvalue weighted by Gasteiger charge is -2.14.